The van der Waals surface area contributed by atoms with Gasteiger partial charge in [-0.2, -0.15) is 16.9 Å². The fourth-order valence-electron chi connectivity index (χ4n) is 4.13. The Morgan fingerprint density at radius 1 is 1.42 bits per heavy atom. The third kappa shape index (κ3) is 3.24. The summed E-state index contributed by atoms with van der Waals surface area (Å²) in [7, 11) is 0. The van der Waals surface area contributed by atoms with Crippen LogP contribution < -0.4 is 4.90 Å². The maximum atomic E-state index is 12.5. The number of fused-ring (bicyclic) bond motifs is 1. The van der Waals surface area contributed by atoms with Gasteiger partial charge in [-0.1, -0.05) is 0 Å². The van der Waals surface area contributed by atoms with Crippen molar-refractivity contribution in [2.75, 3.05) is 43.1 Å². The number of aliphatic hydroxyl groups is 1. The number of likely N-dealkylation sites (tertiary alicyclic amines) is 1. The highest BCUT2D eigenvalue weighted by atomic mass is 32.2. The summed E-state index contributed by atoms with van der Waals surface area (Å²) in [6, 6.07) is 4.09. The Morgan fingerprint density at radius 3 is 2.92 bits per heavy atom. The van der Waals surface area contributed by atoms with Crippen molar-refractivity contribution in [1.82, 2.24) is 15.1 Å². The molecule has 2 fully saturated rings. The molecule has 7 heteroatoms. The van der Waals surface area contributed by atoms with Crippen molar-refractivity contribution in [2.45, 2.75) is 32.2 Å². The van der Waals surface area contributed by atoms with Crippen LogP contribution in [0.2, 0.25) is 0 Å². The molecule has 2 atom stereocenters. The molecule has 0 unspecified atom stereocenters. The van der Waals surface area contributed by atoms with Crippen molar-refractivity contribution >= 4 is 23.5 Å². The summed E-state index contributed by atoms with van der Waals surface area (Å²) in [6.07, 6.45) is 4.73. The standard InChI is InChI=1S/C17H26N4O2S/c1-13-4-5-15(19-18-13)20-9-6-14-17(11-20,12-22)7-3-8-21(14)16(23)10-24-2/h4-5,14,22H,3,6-12H2,1-2H3/t14-,17-/m1/s1. The number of thioether (sulfide) groups is 1. The molecule has 0 bridgehead atoms. The van der Waals surface area contributed by atoms with E-state index in [1.807, 2.05) is 30.2 Å². The molecule has 0 aliphatic carbocycles. The zero-order valence-electron chi connectivity index (χ0n) is 14.4. The number of carbonyl (C=O) groups excluding carboxylic acids is 1. The van der Waals surface area contributed by atoms with Crippen LogP contribution in [0.15, 0.2) is 12.1 Å². The van der Waals surface area contributed by atoms with Crippen molar-refractivity contribution < 1.29 is 9.90 Å². The molecule has 0 aromatic carbocycles. The first-order valence-corrected chi connectivity index (χ1v) is 9.93. The molecule has 132 valence electrons. The van der Waals surface area contributed by atoms with E-state index in [9.17, 15) is 9.90 Å². The predicted molar refractivity (Wildman–Crippen MR) is 96.2 cm³/mol. The minimum atomic E-state index is -0.253. The van der Waals surface area contributed by atoms with Gasteiger partial charge in [-0.25, -0.2) is 0 Å². The molecule has 3 rings (SSSR count). The van der Waals surface area contributed by atoms with Crippen molar-refractivity contribution in [3.63, 3.8) is 0 Å². The molecule has 0 radical (unpaired) electrons. The first-order chi connectivity index (χ1) is 11.6. The fourth-order valence-corrected chi connectivity index (χ4v) is 4.55. The van der Waals surface area contributed by atoms with Crippen molar-refractivity contribution in [3.8, 4) is 0 Å². The molecular weight excluding hydrogens is 324 g/mol. The van der Waals surface area contributed by atoms with Gasteiger partial charge in [0.05, 0.1) is 18.1 Å². The lowest BCUT2D eigenvalue weighted by atomic mass is 9.69. The monoisotopic (exact) mass is 350 g/mol. The predicted octanol–water partition coefficient (Wildman–Crippen LogP) is 1.33. The number of hydrogen-bond donors (Lipinski definition) is 1. The Bertz CT molecular complexity index is 582. The van der Waals surface area contributed by atoms with Gasteiger partial charge in [0.25, 0.3) is 0 Å². The number of hydrogen-bond acceptors (Lipinski definition) is 6. The molecule has 3 heterocycles. The molecule has 0 spiro atoms. The van der Waals surface area contributed by atoms with Crippen LogP contribution in [-0.4, -0.2) is 70.4 Å². The van der Waals surface area contributed by atoms with E-state index in [0.717, 1.165) is 50.4 Å². The lowest BCUT2D eigenvalue weighted by Crippen LogP contribution is -2.64. The average Bonchev–Trinajstić information content (AvgIpc) is 2.61. The minimum Gasteiger partial charge on any atom is -0.396 e. The lowest BCUT2D eigenvalue weighted by molar-refractivity contribution is -0.139. The Labute approximate surface area is 147 Å². The zero-order valence-corrected chi connectivity index (χ0v) is 15.3. The van der Waals surface area contributed by atoms with E-state index in [2.05, 4.69) is 15.1 Å². The summed E-state index contributed by atoms with van der Waals surface area (Å²) in [4.78, 5) is 16.7. The number of anilines is 1. The highest BCUT2D eigenvalue weighted by molar-refractivity contribution is 7.99. The number of aryl methyl sites for hydroxylation is 1. The second kappa shape index (κ2) is 7.27. The molecular formula is C17H26N4O2S. The third-order valence-electron chi connectivity index (χ3n) is 5.35. The molecule has 1 aromatic heterocycles. The van der Waals surface area contributed by atoms with E-state index in [0.29, 0.717) is 5.75 Å². The second-order valence-electron chi connectivity index (χ2n) is 6.90. The topological polar surface area (TPSA) is 69.6 Å². The molecule has 24 heavy (non-hydrogen) atoms. The van der Waals surface area contributed by atoms with Crippen molar-refractivity contribution in [2.24, 2.45) is 5.41 Å². The van der Waals surface area contributed by atoms with Gasteiger partial charge in [0, 0.05) is 31.1 Å². The van der Waals surface area contributed by atoms with E-state index in [4.69, 9.17) is 0 Å². The summed E-state index contributed by atoms with van der Waals surface area (Å²) < 4.78 is 0. The molecule has 2 saturated heterocycles. The highest BCUT2D eigenvalue weighted by Gasteiger charge is 2.49. The van der Waals surface area contributed by atoms with E-state index < -0.39 is 0 Å². The van der Waals surface area contributed by atoms with Gasteiger partial charge in [0.1, 0.15) is 0 Å². The van der Waals surface area contributed by atoms with Gasteiger partial charge in [0.15, 0.2) is 5.82 Å². The first kappa shape index (κ1) is 17.5. The number of aromatic nitrogens is 2. The number of amides is 1. The fraction of sp³-hybridized carbons (Fsp3) is 0.706. The highest BCUT2D eigenvalue weighted by Crippen LogP contribution is 2.42. The Morgan fingerprint density at radius 2 is 2.25 bits per heavy atom. The number of aliphatic hydroxyl groups excluding tert-OH is 1. The first-order valence-electron chi connectivity index (χ1n) is 8.54. The third-order valence-corrected chi connectivity index (χ3v) is 5.88. The van der Waals surface area contributed by atoms with Gasteiger partial charge < -0.3 is 14.9 Å². The molecule has 6 nitrogen and oxygen atoms in total. The van der Waals surface area contributed by atoms with Crippen LogP contribution in [0.3, 0.4) is 0 Å². The summed E-state index contributed by atoms with van der Waals surface area (Å²) in [5.41, 5.74) is 0.647. The number of carbonyl (C=O) groups is 1. The molecule has 0 saturated carbocycles. The summed E-state index contributed by atoms with van der Waals surface area (Å²) >= 11 is 1.57. The van der Waals surface area contributed by atoms with Gasteiger partial charge in [-0.05, 0) is 44.6 Å². The van der Waals surface area contributed by atoms with E-state index in [-0.39, 0.29) is 24.0 Å². The van der Waals surface area contributed by atoms with Crippen LogP contribution in [0.25, 0.3) is 0 Å². The number of rotatable bonds is 4. The number of piperidine rings is 2. The molecule has 1 amide bonds. The van der Waals surface area contributed by atoms with Crippen LogP contribution in [-0.2, 0) is 4.79 Å². The van der Waals surface area contributed by atoms with Crippen molar-refractivity contribution in [3.05, 3.63) is 17.8 Å². The maximum absolute atomic E-state index is 12.5. The van der Waals surface area contributed by atoms with Crippen LogP contribution in [0.1, 0.15) is 25.0 Å². The second-order valence-corrected chi connectivity index (χ2v) is 7.77. The number of nitrogens with zero attached hydrogens (tertiary/aromatic N) is 4. The maximum Gasteiger partial charge on any atom is 0.232 e. The normalized spacial score (nSPS) is 27.0. The molecule has 2 aliphatic heterocycles. The van der Waals surface area contributed by atoms with Crippen LogP contribution in [0.4, 0.5) is 5.82 Å². The average molecular weight is 350 g/mol. The van der Waals surface area contributed by atoms with Crippen molar-refractivity contribution in [1.29, 1.82) is 0 Å². The van der Waals surface area contributed by atoms with Gasteiger partial charge in [-0.3, -0.25) is 4.79 Å². The molecule has 2 aliphatic rings. The Hall–Kier alpha value is -1.34. The smallest absolute Gasteiger partial charge is 0.232 e. The van der Waals surface area contributed by atoms with E-state index in [1.54, 1.807) is 11.8 Å². The van der Waals surface area contributed by atoms with Gasteiger partial charge in [0.2, 0.25) is 5.91 Å². The SMILES string of the molecule is CSCC(=O)N1CCC[C@]2(CO)CN(c3ccc(C)nn3)CC[C@@H]12. The van der Waals surface area contributed by atoms with E-state index >= 15 is 0 Å². The van der Waals surface area contributed by atoms with Crippen LogP contribution >= 0.6 is 11.8 Å². The van der Waals surface area contributed by atoms with Crippen LogP contribution in [0, 0.1) is 12.3 Å². The summed E-state index contributed by atoms with van der Waals surface area (Å²) in [5, 5.41) is 18.7. The molecule has 1 N–H and O–H groups in total. The Kier molecular flexibility index (Phi) is 5.30. The Balaban J connectivity index is 1.81. The largest absolute Gasteiger partial charge is 0.396 e. The quantitative estimate of drug-likeness (QED) is 0.883. The lowest BCUT2D eigenvalue weighted by Gasteiger charge is -2.54. The molecule has 1 aromatic rings. The zero-order chi connectivity index (χ0) is 17.2. The van der Waals surface area contributed by atoms with Gasteiger partial charge >= 0.3 is 0 Å². The van der Waals surface area contributed by atoms with Gasteiger partial charge in [-0.15, -0.1) is 5.10 Å². The summed E-state index contributed by atoms with van der Waals surface area (Å²) in [6.45, 7) is 4.42. The minimum absolute atomic E-state index is 0.108. The van der Waals surface area contributed by atoms with Crippen LogP contribution in [0.5, 0.6) is 0 Å². The summed E-state index contributed by atoms with van der Waals surface area (Å²) in [5.74, 6) is 1.58. The van der Waals surface area contributed by atoms with E-state index in [1.165, 1.54) is 0 Å².